The molecule has 0 spiro atoms. The molecule has 0 bridgehead atoms. The number of hydrogen-bond acceptors (Lipinski definition) is 0. The molecule has 4 rings (SSSR count). The Morgan fingerprint density at radius 3 is 2.34 bits per heavy atom. The number of hydrogen-bond donors (Lipinski definition) is 0. The molecule has 0 saturated heterocycles. The second-order valence-corrected chi connectivity index (χ2v) is 21.5. The molecule has 2 aromatic rings. The first-order chi connectivity index (χ1) is 13.0. The molecule has 29 heavy (non-hydrogen) atoms. The summed E-state index contributed by atoms with van der Waals surface area (Å²) >= 11 is -1.76. The van der Waals surface area contributed by atoms with Crippen molar-refractivity contribution >= 4 is 12.2 Å². The van der Waals surface area contributed by atoms with Crippen LogP contribution < -0.4 is 24.8 Å². The zero-order valence-electron chi connectivity index (χ0n) is 17.3. The van der Waals surface area contributed by atoms with Crippen LogP contribution in [0.1, 0.15) is 47.5 Å². The summed E-state index contributed by atoms with van der Waals surface area (Å²) in [5, 5.41) is 0. The van der Waals surface area contributed by atoms with Crippen LogP contribution in [0.25, 0.3) is 6.08 Å². The summed E-state index contributed by atoms with van der Waals surface area (Å²) in [5.74, 6) is 0. The molecule has 150 valence electrons. The molecular formula is C25H28Cl2SiZr. The van der Waals surface area contributed by atoms with E-state index >= 15 is 0 Å². The number of halogens is 2. The Balaban J connectivity index is 0.00000150. The van der Waals surface area contributed by atoms with E-state index in [-0.39, 0.29) is 30.2 Å². The van der Waals surface area contributed by atoms with Crippen LogP contribution in [0.3, 0.4) is 0 Å². The maximum absolute atomic E-state index is 2.61. The fourth-order valence-corrected chi connectivity index (χ4v) is 20.2. The second kappa shape index (κ2) is 10.6. The van der Waals surface area contributed by atoms with Gasteiger partial charge in [0.15, 0.2) is 0 Å². The molecule has 1 atom stereocenters. The van der Waals surface area contributed by atoms with Gasteiger partial charge in [0.1, 0.15) is 0 Å². The van der Waals surface area contributed by atoms with Crippen LogP contribution in [0.15, 0.2) is 81.7 Å². The average Bonchev–Trinajstić information content (AvgIpc) is 3.31. The average molecular weight is 519 g/mol. The first-order valence-corrected chi connectivity index (χ1v) is 18.2. The van der Waals surface area contributed by atoms with E-state index in [4.69, 9.17) is 0 Å². The van der Waals surface area contributed by atoms with E-state index in [2.05, 4.69) is 99.7 Å². The van der Waals surface area contributed by atoms with Crippen molar-refractivity contribution in [3.63, 3.8) is 0 Å². The first kappa shape index (κ1) is 24.6. The summed E-state index contributed by atoms with van der Waals surface area (Å²) in [5.41, 5.74) is 6.43. The molecule has 0 aliphatic heterocycles. The van der Waals surface area contributed by atoms with Gasteiger partial charge in [0.2, 0.25) is 0 Å². The molecule has 0 radical (unpaired) electrons. The molecule has 0 amide bonds. The van der Waals surface area contributed by atoms with Crippen molar-refractivity contribution in [3.8, 4) is 0 Å². The maximum atomic E-state index is 2.61. The van der Waals surface area contributed by atoms with Gasteiger partial charge in [-0.25, -0.2) is 0 Å². The van der Waals surface area contributed by atoms with Crippen LogP contribution in [-0.4, -0.2) is 6.16 Å². The minimum absolute atomic E-state index is 0. The van der Waals surface area contributed by atoms with Crippen LogP contribution in [0.4, 0.5) is 0 Å². The molecular weight excluding hydrogens is 490 g/mol. The summed E-state index contributed by atoms with van der Waals surface area (Å²) in [7, 11) is 0. The van der Waals surface area contributed by atoms with Crippen molar-refractivity contribution in [3.05, 3.63) is 98.4 Å². The maximum Gasteiger partial charge on any atom is -1.00 e. The second-order valence-electron chi connectivity index (χ2n) is 8.60. The Morgan fingerprint density at radius 1 is 0.966 bits per heavy atom. The van der Waals surface area contributed by atoms with E-state index in [1.807, 2.05) is 3.28 Å². The summed E-state index contributed by atoms with van der Waals surface area (Å²) in [4.78, 5) is 0. The van der Waals surface area contributed by atoms with Gasteiger partial charge in [-0.2, -0.15) is 0 Å². The standard InChI is InChI=1S/C9H7.C9H13.C7H8Si.2ClH.Zr/c1-2-5-9-7-3-6-8(9)4-1;1-9(2,3)8-6-4-5-7-8;8-6-7-4-2-1-3-5-7;;;/h1-7H;6-7H,4H2,1-3H3;1-5,8H,6H2;2*1H;/q;;;;;+2/p-2. The largest absolute Gasteiger partial charge is 1.00 e. The minimum Gasteiger partial charge on any atom is -1.00 e. The fraction of sp³-hybridized carbons (Fsp3) is 0.280. The molecule has 0 aromatic heterocycles. The van der Waals surface area contributed by atoms with Crippen molar-refractivity contribution < 1.29 is 45.2 Å². The first-order valence-electron chi connectivity index (χ1n) is 9.95. The Labute approximate surface area is 196 Å². The van der Waals surface area contributed by atoms with Crippen molar-refractivity contribution in [2.75, 3.05) is 0 Å². The number of benzene rings is 2. The van der Waals surface area contributed by atoms with Gasteiger partial charge >= 0.3 is 173 Å². The van der Waals surface area contributed by atoms with Crippen molar-refractivity contribution in [2.45, 2.75) is 36.9 Å². The van der Waals surface area contributed by atoms with Gasteiger partial charge in [0.25, 0.3) is 0 Å². The Bertz CT molecular complexity index is 966. The molecule has 2 aromatic carbocycles. The van der Waals surface area contributed by atoms with Crippen LogP contribution in [0.2, 0.25) is 0 Å². The summed E-state index contributed by atoms with van der Waals surface area (Å²) in [6, 6.07) is 21.5. The van der Waals surface area contributed by atoms with Gasteiger partial charge < -0.3 is 24.8 Å². The predicted octanol–water partition coefficient (Wildman–Crippen LogP) is 0.193. The van der Waals surface area contributed by atoms with Crippen LogP contribution >= 0.6 is 0 Å². The van der Waals surface area contributed by atoms with E-state index < -0.39 is 20.4 Å². The zero-order chi connectivity index (χ0) is 18.9. The smallest absolute Gasteiger partial charge is 1.00 e. The normalized spacial score (nSPS) is 17.1. The molecule has 0 fully saturated rings. The third-order valence-corrected chi connectivity index (χ3v) is 21.4. The number of allylic oxidation sites excluding steroid dienone is 5. The predicted molar refractivity (Wildman–Crippen MR) is 116 cm³/mol. The quantitative estimate of drug-likeness (QED) is 0.508. The molecule has 0 saturated carbocycles. The summed E-state index contributed by atoms with van der Waals surface area (Å²) in [6.07, 6.45) is 11.8. The minimum atomic E-state index is -1.76. The number of rotatable bonds is 4. The number of fused-ring (bicyclic) bond motifs is 1. The van der Waals surface area contributed by atoms with Crippen molar-refractivity contribution in [1.29, 1.82) is 0 Å². The van der Waals surface area contributed by atoms with E-state index in [1.165, 1.54) is 23.6 Å². The third-order valence-electron chi connectivity index (χ3n) is 5.64. The zero-order valence-corrected chi connectivity index (χ0v) is 22.5. The topological polar surface area (TPSA) is 0 Å². The van der Waals surface area contributed by atoms with Crippen LogP contribution in [-0.2, 0) is 26.4 Å². The SMILES string of the molecule is CC(C)(C)C1=CC[C]([Zr+2](=[SiH]Cc2ccccc2)[CH]2C=Cc3ccccc32)=C1.[Cl-].[Cl-]. The van der Waals surface area contributed by atoms with Gasteiger partial charge in [0.05, 0.1) is 0 Å². The van der Waals surface area contributed by atoms with Gasteiger partial charge in [-0.15, -0.1) is 0 Å². The molecule has 0 heterocycles. The monoisotopic (exact) mass is 516 g/mol. The Hall–Kier alpha value is -0.660. The fourth-order valence-electron chi connectivity index (χ4n) is 4.07. The molecule has 4 heteroatoms. The van der Waals surface area contributed by atoms with Crippen molar-refractivity contribution in [1.82, 2.24) is 0 Å². The van der Waals surface area contributed by atoms with E-state index in [0.717, 1.165) is 3.63 Å². The van der Waals surface area contributed by atoms with E-state index in [9.17, 15) is 0 Å². The Kier molecular flexibility index (Phi) is 8.98. The van der Waals surface area contributed by atoms with Crippen LogP contribution in [0, 0.1) is 5.41 Å². The van der Waals surface area contributed by atoms with Gasteiger partial charge in [-0.1, -0.05) is 0 Å². The van der Waals surface area contributed by atoms with Gasteiger partial charge in [0, 0.05) is 0 Å². The molecule has 2 aliphatic rings. The van der Waals surface area contributed by atoms with Gasteiger partial charge in [-0.05, 0) is 0 Å². The van der Waals surface area contributed by atoms with Gasteiger partial charge in [-0.3, -0.25) is 0 Å². The summed E-state index contributed by atoms with van der Waals surface area (Å²) in [6.45, 7) is 7.05. The molecule has 2 aliphatic carbocycles. The molecule has 1 unspecified atom stereocenters. The molecule has 0 nitrogen and oxygen atoms in total. The van der Waals surface area contributed by atoms with E-state index in [0.29, 0.717) is 6.16 Å². The molecule has 0 N–H and O–H groups in total. The third kappa shape index (κ3) is 5.73. The van der Waals surface area contributed by atoms with Crippen LogP contribution in [0.5, 0.6) is 0 Å². The van der Waals surface area contributed by atoms with Crippen molar-refractivity contribution in [2.24, 2.45) is 5.41 Å². The summed E-state index contributed by atoms with van der Waals surface area (Å²) < 4.78 is 2.58. The Morgan fingerprint density at radius 2 is 1.66 bits per heavy atom. The van der Waals surface area contributed by atoms with E-state index in [1.54, 1.807) is 11.1 Å².